The molecule has 1 N–H and O–H groups in total. The van der Waals surface area contributed by atoms with Crippen molar-refractivity contribution in [3.63, 3.8) is 0 Å². The van der Waals surface area contributed by atoms with E-state index in [-0.39, 0.29) is 17.7 Å². The molecule has 1 atom stereocenters. The Bertz CT molecular complexity index is 2210. The first-order valence-corrected chi connectivity index (χ1v) is 16.1. The molecule has 45 heavy (non-hydrogen) atoms. The molecular formula is C33H30N4O6S2. The van der Waals surface area contributed by atoms with E-state index in [2.05, 4.69) is 9.97 Å². The molecule has 0 aliphatic carbocycles. The molecule has 0 bridgehead atoms. The summed E-state index contributed by atoms with van der Waals surface area (Å²) in [6.45, 7) is 5.69. The van der Waals surface area contributed by atoms with E-state index in [1.807, 2.05) is 43.3 Å². The predicted octanol–water partition coefficient (Wildman–Crippen LogP) is 4.88. The molecule has 4 heterocycles. The summed E-state index contributed by atoms with van der Waals surface area (Å²) >= 11 is 2.39. The fourth-order valence-corrected chi connectivity index (χ4v) is 7.23. The molecule has 0 radical (unpaired) electrons. The molecule has 12 heteroatoms. The Balaban J connectivity index is 1.54. The average molecular weight is 643 g/mol. The summed E-state index contributed by atoms with van der Waals surface area (Å²) in [7, 11) is 1.58. The number of ether oxygens (including phenoxy) is 2. The maximum atomic E-state index is 14.3. The van der Waals surface area contributed by atoms with Gasteiger partial charge < -0.3 is 18.9 Å². The molecule has 0 spiro atoms. The van der Waals surface area contributed by atoms with Gasteiger partial charge in [-0.15, -0.1) is 0 Å². The zero-order valence-electron chi connectivity index (χ0n) is 25.1. The normalized spacial score (nSPS) is 14.8. The Labute approximate surface area is 265 Å². The third-order valence-corrected chi connectivity index (χ3v) is 9.03. The molecule has 1 aliphatic rings. The van der Waals surface area contributed by atoms with Crippen LogP contribution in [-0.4, -0.2) is 34.2 Å². The Morgan fingerprint density at radius 2 is 1.98 bits per heavy atom. The first-order chi connectivity index (χ1) is 21.8. The van der Waals surface area contributed by atoms with Gasteiger partial charge in [0.15, 0.2) is 15.1 Å². The van der Waals surface area contributed by atoms with Crippen LogP contribution >= 0.6 is 23.1 Å². The lowest BCUT2D eigenvalue weighted by atomic mass is 9.90. The molecule has 0 amide bonds. The highest BCUT2D eigenvalue weighted by atomic mass is 32.2. The molecule has 0 saturated heterocycles. The number of nitrogens with zero attached hydrogens (tertiary/aromatic N) is 3. The van der Waals surface area contributed by atoms with E-state index < -0.39 is 12.0 Å². The minimum Gasteiger partial charge on any atom is -0.496 e. The van der Waals surface area contributed by atoms with Gasteiger partial charge in [-0.2, -0.15) is 0 Å². The SMILES string of the molecule is CCCC1=C(C(=O)OCC)[C@@H](c2c(OC)ccc3ccccc23)n2c(s/c(=C/c3ccc(Sc4nc(C)cc(=O)[nH]4)o3)c2=O)=N1. The number of fused-ring (bicyclic) bond motifs is 2. The molecule has 5 aromatic rings. The Kier molecular flexibility index (Phi) is 8.59. The van der Waals surface area contributed by atoms with Crippen LogP contribution < -0.4 is 25.2 Å². The second-order valence-electron chi connectivity index (χ2n) is 10.3. The van der Waals surface area contributed by atoms with Crippen molar-refractivity contribution in [1.29, 1.82) is 0 Å². The molecule has 3 aromatic heterocycles. The molecule has 230 valence electrons. The van der Waals surface area contributed by atoms with Crippen molar-refractivity contribution in [3.05, 3.63) is 113 Å². The highest BCUT2D eigenvalue weighted by Gasteiger charge is 2.37. The van der Waals surface area contributed by atoms with Crippen LogP contribution in [0.1, 0.15) is 49.7 Å². The van der Waals surface area contributed by atoms with Crippen LogP contribution in [0.4, 0.5) is 0 Å². The third kappa shape index (κ3) is 5.90. The number of allylic oxidation sites excluding steroid dienone is 1. The van der Waals surface area contributed by atoms with Gasteiger partial charge in [-0.05, 0) is 61.0 Å². The van der Waals surface area contributed by atoms with Gasteiger partial charge in [0.05, 0.1) is 29.5 Å². The second kappa shape index (κ2) is 12.7. The lowest BCUT2D eigenvalue weighted by molar-refractivity contribution is -0.139. The number of H-pyrrole nitrogens is 1. The van der Waals surface area contributed by atoms with Crippen LogP contribution in [0.25, 0.3) is 16.8 Å². The average Bonchev–Trinajstić information content (AvgIpc) is 3.58. The van der Waals surface area contributed by atoms with Crippen molar-refractivity contribution >= 4 is 45.9 Å². The second-order valence-corrected chi connectivity index (χ2v) is 12.3. The maximum Gasteiger partial charge on any atom is 0.338 e. The summed E-state index contributed by atoms with van der Waals surface area (Å²) in [5.74, 6) is 0.466. The molecule has 0 saturated carbocycles. The van der Waals surface area contributed by atoms with E-state index in [0.717, 1.165) is 17.2 Å². The van der Waals surface area contributed by atoms with Gasteiger partial charge in [0, 0.05) is 23.4 Å². The number of carbonyl (C=O) groups is 1. The molecule has 1 aliphatic heterocycles. The number of aromatic nitrogens is 3. The summed E-state index contributed by atoms with van der Waals surface area (Å²) in [5.41, 5.74) is 1.61. The third-order valence-electron chi connectivity index (χ3n) is 7.24. The highest BCUT2D eigenvalue weighted by molar-refractivity contribution is 7.99. The van der Waals surface area contributed by atoms with Gasteiger partial charge in [-0.3, -0.25) is 14.2 Å². The number of aromatic amines is 1. The molecule has 10 nitrogen and oxygen atoms in total. The van der Waals surface area contributed by atoms with Gasteiger partial charge in [0.2, 0.25) is 0 Å². The lowest BCUT2D eigenvalue weighted by Crippen LogP contribution is -2.40. The number of thiazole rings is 1. The number of aryl methyl sites for hydroxylation is 1. The van der Waals surface area contributed by atoms with Crippen LogP contribution in [0.2, 0.25) is 0 Å². The largest absolute Gasteiger partial charge is 0.496 e. The van der Waals surface area contributed by atoms with E-state index >= 15 is 0 Å². The minimum absolute atomic E-state index is 0.177. The number of hydrogen-bond donors (Lipinski definition) is 1. The van der Waals surface area contributed by atoms with Crippen LogP contribution in [0.3, 0.4) is 0 Å². The fraction of sp³-hybridized carbons (Fsp3) is 0.242. The Morgan fingerprint density at radius 1 is 1.16 bits per heavy atom. The molecule has 6 rings (SSSR count). The van der Waals surface area contributed by atoms with Crippen LogP contribution in [0.5, 0.6) is 5.75 Å². The zero-order chi connectivity index (χ0) is 31.7. The quantitative estimate of drug-likeness (QED) is 0.178. The van der Waals surface area contributed by atoms with Gasteiger partial charge in [-0.25, -0.2) is 14.8 Å². The number of hydrogen-bond acceptors (Lipinski definition) is 10. The number of nitrogens with one attached hydrogen (secondary N) is 1. The van der Waals surface area contributed by atoms with Gasteiger partial charge in [0.25, 0.3) is 11.1 Å². The summed E-state index contributed by atoms with van der Waals surface area (Å²) in [4.78, 5) is 52.1. The first-order valence-electron chi connectivity index (χ1n) is 14.4. The van der Waals surface area contributed by atoms with Crippen molar-refractivity contribution in [2.24, 2.45) is 4.99 Å². The number of carbonyl (C=O) groups excluding carboxylic acids is 1. The van der Waals surface area contributed by atoms with Crippen LogP contribution in [-0.2, 0) is 9.53 Å². The minimum atomic E-state index is -0.836. The predicted molar refractivity (Wildman–Crippen MR) is 173 cm³/mol. The van der Waals surface area contributed by atoms with Crippen LogP contribution in [0, 0.1) is 6.92 Å². The zero-order valence-corrected chi connectivity index (χ0v) is 26.7. The van der Waals surface area contributed by atoms with Gasteiger partial charge >= 0.3 is 5.97 Å². The van der Waals surface area contributed by atoms with Crippen molar-refractivity contribution in [1.82, 2.24) is 14.5 Å². The molecular weight excluding hydrogens is 613 g/mol. The van der Waals surface area contributed by atoms with Gasteiger partial charge in [0.1, 0.15) is 17.6 Å². The van der Waals surface area contributed by atoms with Gasteiger partial charge in [-0.1, -0.05) is 55.0 Å². The van der Waals surface area contributed by atoms with E-state index in [9.17, 15) is 14.4 Å². The highest BCUT2D eigenvalue weighted by Crippen LogP contribution is 2.41. The summed E-state index contributed by atoms with van der Waals surface area (Å²) in [6, 6.07) is 15.7. The van der Waals surface area contributed by atoms with E-state index in [0.29, 0.717) is 60.0 Å². The fourth-order valence-electron chi connectivity index (χ4n) is 5.42. The Morgan fingerprint density at radius 3 is 2.73 bits per heavy atom. The Hall–Kier alpha value is -4.68. The lowest BCUT2D eigenvalue weighted by Gasteiger charge is -2.28. The van der Waals surface area contributed by atoms with Crippen molar-refractivity contribution in [2.75, 3.05) is 13.7 Å². The number of furan rings is 1. The number of rotatable bonds is 9. The van der Waals surface area contributed by atoms with Crippen LogP contribution in [0.15, 0.2) is 95.1 Å². The number of esters is 1. The number of benzene rings is 2. The number of methoxy groups -OCH3 is 1. The maximum absolute atomic E-state index is 14.3. The van der Waals surface area contributed by atoms with Crippen molar-refractivity contribution in [2.45, 2.75) is 49.9 Å². The van der Waals surface area contributed by atoms with E-state index in [1.165, 1.54) is 29.2 Å². The standard InChI is InChI=1S/C33H30N4O6S2/c1-5-9-22-28(31(40)42-6-2)29(27-21-11-8-7-10-19(21)12-14-23(27)41-4)37-30(39)24(44-33(37)35-22)17-20-13-15-26(43-20)45-32-34-18(3)16-25(38)36-32/h7-8,10-17,29H,5-6,9H2,1-4H3,(H,34,36,38)/b24-17+/t29-/m1/s1. The summed E-state index contributed by atoms with van der Waals surface area (Å²) < 4.78 is 19.3. The van der Waals surface area contributed by atoms with E-state index in [4.69, 9.17) is 18.9 Å². The summed E-state index contributed by atoms with van der Waals surface area (Å²) in [5, 5.41) is 2.69. The monoisotopic (exact) mass is 642 g/mol. The van der Waals surface area contributed by atoms with E-state index in [1.54, 1.807) is 43.7 Å². The van der Waals surface area contributed by atoms with Crippen molar-refractivity contribution in [3.8, 4) is 5.75 Å². The molecule has 2 aromatic carbocycles. The molecule has 0 unspecified atom stereocenters. The molecule has 0 fully saturated rings. The smallest absolute Gasteiger partial charge is 0.338 e. The topological polar surface area (TPSA) is 129 Å². The summed E-state index contributed by atoms with van der Waals surface area (Å²) in [6.07, 6.45) is 2.92. The first kappa shape index (κ1) is 30.4. The van der Waals surface area contributed by atoms with Crippen molar-refractivity contribution < 1.29 is 18.7 Å².